The number of halogens is 1. The molecule has 1 saturated carbocycles. The Morgan fingerprint density at radius 1 is 1.08 bits per heavy atom. The first-order valence-corrected chi connectivity index (χ1v) is 9.17. The van der Waals surface area contributed by atoms with Crippen molar-refractivity contribution in [3.05, 3.63) is 35.9 Å². The zero-order chi connectivity index (χ0) is 15.9. The number of ether oxygens (including phenoxy) is 1. The number of hydrogen-bond donors (Lipinski definition) is 0. The predicted octanol–water partition coefficient (Wildman–Crippen LogP) is 4.09. The average Bonchev–Trinajstić information content (AvgIpc) is 3.13. The molecule has 0 spiro atoms. The van der Waals surface area contributed by atoms with Gasteiger partial charge in [-0.2, -0.15) is 0 Å². The van der Waals surface area contributed by atoms with Gasteiger partial charge in [-0.15, -0.1) is 12.4 Å². The van der Waals surface area contributed by atoms with Gasteiger partial charge in [-0.3, -0.25) is 4.79 Å². The van der Waals surface area contributed by atoms with Gasteiger partial charge >= 0.3 is 5.97 Å². The Morgan fingerprint density at radius 3 is 2.25 bits per heavy atom. The van der Waals surface area contributed by atoms with Crippen LogP contribution in [0.15, 0.2) is 30.3 Å². The van der Waals surface area contributed by atoms with Crippen LogP contribution in [0.4, 0.5) is 0 Å². The minimum absolute atomic E-state index is 0. The fraction of sp³-hybridized carbons (Fsp3) is 0.650. The lowest BCUT2D eigenvalue weighted by molar-refractivity contribution is -0.159. The number of carbonyl (C=O) groups is 1. The van der Waals surface area contributed by atoms with E-state index >= 15 is 0 Å². The van der Waals surface area contributed by atoms with E-state index in [1.54, 1.807) is 0 Å². The fourth-order valence-electron chi connectivity index (χ4n) is 5.07. The molecule has 0 radical (unpaired) electrons. The largest absolute Gasteiger partial charge is 0.462 e. The molecule has 2 aliphatic heterocycles. The van der Waals surface area contributed by atoms with E-state index in [2.05, 4.69) is 24.1 Å². The van der Waals surface area contributed by atoms with Crippen molar-refractivity contribution in [1.82, 2.24) is 4.90 Å². The summed E-state index contributed by atoms with van der Waals surface area (Å²) < 4.78 is 6.10. The molecule has 2 bridgehead atoms. The molecule has 4 rings (SSSR count). The molecule has 1 aromatic carbocycles. The molecule has 1 aromatic rings. The number of fused-ring (bicyclic) bond motifs is 2. The van der Waals surface area contributed by atoms with E-state index in [9.17, 15) is 4.79 Å². The first-order valence-electron chi connectivity index (χ1n) is 9.17. The lowest BCUT2D eigenvalue weighted by Crippen LogP contribution is -2.45. The van der Waals surface area contributed by atoms with Crippen LogP contribution >= 0.6 is 12.4 Å². The molecule has 3 aliphatic rings. The van der Waals surface area contributed by atoms with E-state index in [0.717, 1.165) is 44.1 Å². The Bertz CT molecular complexity index is 556. The summed E-state index contributed by atoms with van der Waals surface area (Å²) in [5.74, 6) is 0.0372. The zero-order valence-electron chi connectivity index (χ0n) is 14.4. The lowest BCUT2D eigenvalue weighted by Gasteiger charge is -2.37. The third kappa shape index (κ3) is 2.97. The van der Waals surface area contributed by atoms with Gasteiger partial charge in [-0.1, -0.05) is 43.2 Å². The minimum atomic E-state index is -0.385. The lowest BCUT2D eigenvalue weighted by atomic mass is 9.79. The van der Waals surface area contributed by atoms with Crippen molar-refractivity contribution in [2.75, 3.05) is 7.05 Å². The number of benzene rings is 1. The maximum Gasteiger partial charge on any atom is 0.316 e. The third-order valence-corrected chi connectivity index (χ3v) is 6.50. The van der Waals surface area contributed by atoms with Crippen molar-refractivity contribution in [1.29, 1.82) is 0 Å². The molecule has 0 N–H and O–H groups in total. The van der Waals surface area contributed by atoms with E-state index in [-0.39, 0.29) is 29.9 Å². The SMILES string of the molecule is CN1[C@@H]2CC[C@H]1CC(OC(=O)C1(c3ccccc3)CCCC1)C2.Cl. The summed E-state index contributed by atoms with van der Waals surface area (Å²) in [5.41, 5.74) is 0.766. The van der Waals surface area contributed by atoms with E-state index in [4.69, 9.17) is 4.74 Å². The van der Waals surface area contributed by atoms with Gasteiger partial charge in [-0.25, -0.2) is 0 Å². The van der Waals surface area contributed by atoms with Gasteiger partial charge in [0.15, 0.2) is 0 Å². The summed E-state index contributed by atoms with van der Waals surface area (Å²) in [5, 5.41) is 0. The van der Waals surface area contributed by atoms with E-state index < -0.39 is 0 Å². The van der Waals surface area contributed by atoms with Crippen LogP contribution in [-0.2, 0) is 14.9 Å². The van der Waals surface area contributed by atoms with Crippen molar-refractivity contribution in [2.24, 2.45) is 0 Å². The van der Waals surface area contributed by atoms with Gasteiger partial charge < -0.3 is 9.64 Å². The first kappa shape index (κ1) is 17.8. The predicted molar refractivity (Wildman–Crippen MR) is 97.5 cm³/mol. The summed E-state index contributed by atoms with van der Waals surface area (Å²) in [4.78, 5) is 15.6. The quantitative estimate of drug-likeness (QED) is 0.770. The van der Waals surface area contributed by atoms with Crippen LogP contribution in [0.5, 0.6) is 0 Å². The highest BCUT2D eigenvalue weighted by Gasteiger charge is 2.46. The smallest absolute Gasteiger partial charge is 0.316 e. The van der Waals surface area contributed by atoms with Crippen molar-refractivity contribution < 1.29 is 9.53 Å². The molecule has 3 nitrogen and oxygen atoms in total. The standard InChI is InChI=1S/C20H27NO2.ClH/c1-21-16-9-10-17(21)14-18(13-16)23-19(22)20(11-5-6-12-20)15-7-3-2-4-8-15;/h2-4,7-8,16-18H,5-6,9-14H2,1H3;1H/t16-,17+,18?;. The van der Waals surface area contributed by atoms with Crippen LogP contribution in [0.3, 0.4) is 0 Å². The molecule has 3 atom stereocenters. The fourth-order valence-corrected chi connectivity index (χ4v) is 5.07. The number of nitrogens with zero attached hydrogens (tertiary/aromatic N) is 1. The summed E-state index contributed by atoms with van der Waals surface area (Å²) >= 11 is 0. The zero-order valence-corrected chi connectivity index (χ0v) is 15.3. The molecule has 1 aliphatic carbocycles. The Morgan fingerprint density at radius 2 is 1.67 bits per heavy atom. The second kappa shape index (κ2) is 7.05. The Balaban J connectivity index is 0.00000169. The third-order valence-electron chi connectivity index (χ3n) is 6.50. The molecular formula is C20H28ClNO2. The molecule has 3 fully saturated rings. The first-order chi connectivity index (χ1) is 11.2. The Hall–Kier alpha value is -1.06. The number of esters is 1. The van der Waals surface area contributed by atoms with Crippen LogP contribution in [0.25, 0.3) is 0 Å². The molecule has 0 aromatic heterocycles. The van der Waals surface area contributed by atoms with Gasteiger partial charge in [0.2, 0.25) is 0 Å². The van der Waals surface area contributed by atoms with Crippen molar-refractivity contribution in [2.45, 2.75) is 75.0 Å². The second-order valence-electron chi connectivity index (χ2n) is 7.70. The highest BCUT2D eigenvalue weighted by atomic mass is 35.5. The molecule has 4 heteroatoms. The normalized spacial score (nSPS) is 31.5. The summed E-state index contributed by atoms with van der Waals surface area (Å²) in [6, 6.07) is 11.5. The van der Waals surface area contributed by atoms with Crippen LogP contribution in [0, 0.1) is 0 Å². The molecule has 132 valence electrons. The highest BCUT2D eigenvalue weighted by Crippen LogP contribution is 2.43. The van der Waals surface area contributed by atoms with Crippen LogP contribution in [0.2, 0.25) is 0 Å². The Labute approximate surface area is 151 Å². The molecule has 1 unspecified atom stereocenters. The number of hydrogen-bond acceptors (Lipinski definition) is 3. The number of rotatable bonds is 3. The van der Waals surface area contributed by atoms with Gasteiger partial charge in [-0.05, 0) is 51.1 Å². The van der Waals surface area contributed by atoms with E-state index in [0.29, 0.717) is 12.1 Å². The van der Waals surface area contributed by atoms with Crippen molar-refractivity contribution in [3.8, 4) is 0 Å². The van der Waals surface area contributed by atoms with Crippen LogP contribution in [0.1, 0.15) is 56.9 Å². The number of piperidine rings is 1. The maximum atomic E-state index is 13.1. The van der Waals surface area contributed by atoms with E-state index in [1.807, 2.05) is 18.2 Å². The van der Waals surface area contributed by atoms with Crippen LogP contribution in [-0.4, -0.2) is 36.1 Å². The van der Waals surface area contributed by atoms with Crippen LogP contribution < -0.4 is 0 Å². The topological polar surface area (TPSA) is 29.5 Å². The molecule has 24 heavy (non-hydrogen) atoms. The summed E-state index contributed by atoms with van der Waals surface area (Å²) in [6.45, 7) is 0. The molecular weight excluding hydrogens is 322 g/mol. The summed E-state index contributed by atoms with van der Waals surface area (Å²) in [6.07, 6.45) is 8.82. The molecule has 0 amide bonds. The molecule has 2 heterocycles. The number of carbonyl (C=O) groups excluding carboxylic acids is 1. The average molecular weight is 350 g/mol. The van der Waals surface area contributed by atoms with E-state index in [1.165, 1.54) is 12.8 Å². The van der Waals surface area contributed by atoms with Crippen molar-refractivity contribution >= 4 is 18.4 Å². The summed E-state index contributed by atoms with van der Waals surface area (Å²) in [7, 11) is 2.23. The van der Waals surface area contributed by atoms with Gasteiger partial charge in [0.25, 0.3) is 0 Å². The maximum absolute atomic E-state index is 13.1. The van der Waals surface area contributed by atoms with Gasteiger partial charge in [0.1, 0.15) is 6.10 Å². The Kier molecular flexibility index (Phi) is 5.22. The monoisotopic (exact) mass is 349 g/mol. The second-order valence-corrected chi connectivity index (χ2v) is 7.70. The van der Waals surface area contributed by atoms with Gasteiger partial charge in [0.05, 0.1) is 5.41 Å². The molecule has 2 saturated heterocycles. The van der Waals surface area contributed by atoms with Crippen molar-refractivity contribution in [3.63, 3.8) is 0 Å². The minimum Gasteiger partial charge on any atom is -0.462 e. The van der Waals surface area contributed by atoms with Gasteiger partial charge in [0, 0.05) is 12.1 Å². The highest BCUT2D eigenvalue weighted by molar-refractivity contribution is 5.85.